The molecule has 2 atom stereocenters. The molecule has 0 saturated carbocycles. The Bertz CT molecular complexity index is 364. The molecular weight excluding hydrogens is 178 g/mol. The van der Waals surface area contributed by atoms with Gasteiger partial charge in [-0.05, 0) is 18.5 Å². The van der Waals surface area contributed by atoms with Gasteiger partial charge >= 0.3 is 0 Å². The lowest BCUT2D eigenvalue weighted by Crippen LogP contribution is -2.24. The number of carbonyl (C=O) groups is 1. The minimum atomic E-state index is -0.135. The van der Waals surface area contributed by atoms with Crippen LogP contribution >= 0.6 is 0 Å². The largest absolute Gasteiger partial charge is 0.330 e. The van der Waals surface area contributed by atoms with Crippen molar-refractivity contribution in [3.05, 3.63) is 23.9 Å². The van der Waals surface area contributed by atoms with Gasteiger partial charge in [-0.15, -0.1) is 0 Å². The van der Waals surface area contributed by atoms with E-state index in [1.165, 1.54) is 0 Å². The van der Waals surface area contributed by atoms with Crippen LogP contribution in [0.5, 0.6) is 0 Å². The van der Waals surface area contributed by atoms with Crippen molar-refractivity contribution in [1.29, 1.82) is 0 Å². The second-order valence-corrected chi connectivity index (χ2v) is 3.62. The summed E-state index contributed by atoms with van der Waals surface area (Å²) in [5, 5.41) is 2.76. The quantitative estimate of drug-likeness (QED) is 0.723. The fourth-order valence-corrected chi connectivity index (χ4v) is 1.81. The second-order valence-electron chi connectivity index (χ2n) is 3.62. The molecule has 0 bridgehead atoms. The van der Waals surface area contributed by atoms with Crippen molar-refractivity contribution < 1.29 is 4.79 Å². The first-order valence-electron chi connectivity index (χ1n) is 4.70. The van der Waals surface area contributed by atoms with Crippen molar-refractivity contribution in [2.75, 3.05) is 11.9 Å². The van der Waals surface area contributed by atoms with E-state index in [1.807, 2.05) is 19.1 Å². The number of rotatable bonds is 2. The van der Waals surface area contributed by atoms with Crippen molar-refractivity contribution in [2.24, 2.45) is 11.7 Å². The molecule has 0 aromatic carbocycles. The Morgan fingerprint density at radius 1 is 1.71 bits per heavy atom. The number of aromatic nitrogens is 1. The van der Waals surface area contributed by atoms with E-state index in [1.54, 1.807) is 6.20 Å². The maximum absolute atomic E-state index is 11.6. The lowest BCUT2D eigenvalue weighted by molar-refractivity contribution is -0.117. The summed E-state index contributed by atoms with van der Waals surface area (Å²) >= 11 is 0. The molecule has 14 heavy (non-hydrogen) atoms. The van der Waals surface area contributed by atoms with Crippen LogP contribution in [-0.2, 0) is 4.79 Å². The van der Waals surface area contributed by atoms with Crippen LogP contribution in [0.1, 0.15) is 18.4 Å². The highest BCUT2D eigenvalue weighted by Gasteiger charge is 2.34. The highest BCUT2D eigenvalue weighted by Crippen LogP contribution is 2.34. The molecule has 2 heterocycles. The summed E-state index contributed by atoms with van der Waals surface area (Å²) < 4.78 is 0. The molecule has 2 rings (SSSR count). The first-order chi connectivity index (χ1) is 6.74. The van der Waals surface area contributed by atoms with Gasteiger partial charge in [-0.3, -0.25) is 4.79 Å². The number of nitrogens with zero attached hydrogens (tertiary/aromatic N) is 1. The lowest BCUT2D eigenvalue weighted by Gasteiger charge is -2.14. The third-order valence-electron chi connectivity index (χ3n) is 2.64. The van der Waals surface area contributed by atoms with Crippen LogP contribution in [0.25, 0.3) is 0 Å². The Morgan fingerprint density at radius 3 is 3.21 bits per heavy atom. The number of nitrogens with one attached hydrogen (secondary N) is 1. The number of carbonyl (C=O) groups excluding carboxylic acids is 1. The van der Waals surface area contributed by atoms with Gasteiger partial charge in [0.2, 0.25) is 5.91 Å². The van der Waals surface area contributed by atoms with Gasteiger partial charge in [-0.1, -0.05) is 13.0 Å². The van der Waals surface area contributed by atoms with Crippen LogP contribution in [0.3, 0.4) is 0 Å². The van der Waals surface area contributed by atoms with Crippen molar-refractivity contribution in [1.82, 2.24) is 4.98 Å². The molecule has 74 valence electrons. The van der Waals surface area contributed by atoms with Crippen LogP contribution in [-0.4, -0.2) is 17.4 Å². The van der Waals surface area contributed by atoms with Gasteiger partial charge in [0.15, 0.2) is 0 Å². The van der Waals surface area contributed by atoms with Crippen molar-refractivity contribution in [3.63, 3.8) is 0 Å². The summed E-state index contributed by atoms with van der Waals surface area (Å²) in [6.07, 6.45) is 1.68. The maximum Gasteiger partial charge on any atom is 0.233 e. The maximum atomic E-state index is 11.6. The number of anilines is 1. The number of pyridine rings is 1. The minimum Gasteiger partial charge on any atom is -0.330 e. The molecule has 4 nitrogen and oxygen atoms in total. The molecule has 0 aliphatic carbocycles. The highest BCUT2D eigenvalue weighted by molar-refractivity contribution is 6.01. The normalized spacial score (nSPS) is 21.6. The predicted octanol–water partition coefficient (Wildman–Crippen LogP) is 0.712. The van der Waals surface area contributed by atoms with Gasteiger partial charge in [0.1, 0.15) is 5.82 Å². The molecule has 0 unspecified atom stereocenters. The van der Waals surface area contributed by atoms with E-state index < -0.39 is 0 Å². The SMILES string of the molecule is C[C@@H](CN)[C@@H]1C(=O)Nc2ncccc21. The lowest BCUT2D eigenvalue weighted by atomic mass is 9.89. The number of hydrogen-bond acceptors (Lipinski definition) is 3. The van der Waals surface area contributed by atoms with E-state index in [9.17, 15) is 4.79 Å². The van der Waals surface area contributed by atoms with Gasteiger partial charge in [0.25, 0.3) is 0 Å². The average molecular weight is 191 g/mol. The molecular formula is C10H13N3O. The molecule has 0 fully saturated rings. The summed E-state index contributed by atoms with van der Waals surface area (Å²) in [7, 11) is 0. The Labute approximate surface area is 82.5 Å². The van der Waals surface area contributed by atoms with Crippen LogP contribution < -0.4 is 11.1 Å². The molecule has 3 N–H and O–H groups in total. The Hall–Kier alpha value is -1.42. The number of fused-ring (bicyclic) bond motifs is 1. The van der Waals surface area contributed by atoms with Crippen molar-refractivity contribution in [3.8, 4) is 0 Å². The van der Waals surface area contributed by atoms with Crippen LogP contribution in [0, 0.1) is 5.92 Å². The van der Waals surface area contributed by atoms with E-state index in [0.717, 1.165) is 5.56 Å². The van der Waals surface area contributed by atoms with E-state index >= 15 is 0 Å². The Morgan fingerprint density at radius 2 is 2.50 bits per heavy atom. The van der Waals surface area contributed by atoms with E-state index in [4.69, 9.17) is 5.73 Å². The summed E-state index contributed by atoms with van der Waals surface area (Å²) in [4.78, 5) is 15.7. The van der Waals surface area contributed by atoms with Gasteiger partial charge in [0.05, 0.1) is 5.92 Å². The first-order valence-corrected chi connectivity index (χ1v) is 4.70. The van der Waals surface area contributed by atoms with Gasteiger partial charge < -0.3 is 11.1 Å². The first kappa shape index (κ1) is 9.15. The molecule has 4 heteroatoms. The summed E-state index contributed by atoms with van der Waals surface area (Å²) in [5.74, 6) is 0.712. The zero-order valence-corrected chi connectivity index (χ0v) is 8.03. The smallest absolute Gasteiger partial charge is 0.233 e. The molecule has 0 radical (unpaired) electrons. The molecule has 0 spiro atoms. The van der Waals surface area contributed by atoms with E-state index in [-0.39, 0.29) is 17.7 Å². The molecule has 1 aromatic rings. The fourth-order valence-electron chi connectivity index (χ4n) is 1.81. The minimum absolute atomic E-state index is 0.0108. The topological polar surface area (TPSA) is 68.0 Å². The number of hydrogen-bond donors (Lipinski definition) is 2. The summed E-state index contributed by atoms with van der Waals surface area (Å²) in [6, 6.07) is 3.77. The van der Waals surface area contributed by atoms with Crippen molar-refractivity contribution >= 4 is 11.7 Å². The van der Waals surface area contributed by atoms with Gasteiger partial charge in [-0.2, -0.15) is 0 Å². The Kier molecular flexibility index (Phi) is 2.21. The monoisotopic (exact) mass is 191 g/mol. The van der Waals surface area contributed by atoms with E-state index in [0.29, 0.717) is 12.4 Å². The second kappa shape index (κ2) is 3.38. The van der Waals surface area contributed by atoms with Gasteiger partial charge in [-0.25, -0.2) is 4.98 Å². The third-order valence-corrected chi connectivity index (χ3v) is 2.64. The summed E-state index contributed by atoms with van der Waals surface area (Å²) in [6.45, 7) is 2.48. The van der Waals surface area contributed by atoms with Crippen molar-refractivity contribution in [2.45, 2.75) is 12.8 Å². The zero-order chi connectivity index (χ0) is 10.1. The van der Waals surface area contributed by atoms with E-state index in [2.05, 4.69) is 10.3 Å². The average Bonchev–Trinajstić information content (AvgIpc) is 2.53. The van der Waals surface area contributed by atoms with Crippen LogP contribution in [0.2, 0.25) is 0 Å². The molecule has 1 aliphatic rings. The number of nitrogens with two attached hydrogens (primary N) is 1. The highest BCUT2D eigenvalue weighted by atomic mass is 16.2. The Balaban J connectivity index is 2.39. The predicted molar refractivity (Wildman–Crippen MR) is 53.8 cm³/mol. The van der Waals surface area contributed by atoms with Crippen LogP contribution in [0.15, 0.2) is 18.3 Å². The third kappa shape index (κ3) is 1.28. The zero-order valence-electron chi connectivity index (χ0n) is 8.03. The molecule has 1 aromatic heterocycles. The van der Waals surface area contributed by atoms with Gasteiger partial charge in [0, 0.05) is 11.8 Å². The summed E-state index contributed by atoms with van der Waals surface area (Å²) in [5.41, 5.74) is 6.54. The fraction of sp³-hybridized carbons (Fsp3) is 0.400. The number of amides is 1. The molecule has 1 aliphatic heterocycles. The van der Waals surface area contributed by atoms with Crippen LogP contribution in [0.4, 0.5) is 5.82 Å². The molecule has 1 amide bonds. The molecule has 0 saturated heterocycles. The standard InChI is InChI=1S/C10H13N3O/c1-6(5-11)8-7-3-2-4-12-9(7)13-10(8)14/h2-4,6,8H,5,11H2,1H3,(H,12,13,14)/t6-,8-/m0/s1.